The standard InChI is InChI=1S/C20H17Cl3N4OS/c21-13-2-1-3-14(10-13)24-20-25-18(12-29-20)19(28)27-8-6-26(7-9-27)15-4-5-16(22)17(23)11-15/h1-5,10-12H,6-9H2,(H,24,25). The molecule has 2 heterocycles. The fourth-order valence-electron chi connectivity index (χ4n) is 3.13. The smallest absolute Gasteiger partial charge is 0.273 e. The number of amides is 1. The molecular formula is C20H17Cl3N4OS. The number of aromatic nitrogens is 1. The molecule has 29 heavy (non-hydrogen) atoms. The van der Waals surface area contributed by atoms with Gasteiger partial charge in [-0.25, -0.2) is 4.98 Å². The van der Waals surface area contributed by atoms with Gasteiger partial charge >= 0.3 is 0 Å². The van der Waals surface area contributed by atoms with Crippen LogP contribution in [0.4, 0.5) is 16.5 Å². The van der Waals surface area contributed by atoms with E-state index in [1.807, 2.05) is 35.2 Å². The van der Waals surface area contributed by atoms with Gasteiger partial charge in [0.05, 0.1) is 10.0 Å². The summed E-state index contributed by atoms with van der Waals surface area (Å²) in [6.45, 7) is 2.68. The molecule has 9 heteroatoms. The molecule has 1 N–H and O–H groups in total. The summed E-state index contributed by atoms with van der Waals surface area (Å²) in [6.07, 6.45) is 0. The van der Waals surface area contributed by atoms with Crippen molar-refractivity contribution < 1.29 is 4.79 Å². The summed E-state index contributed by atoms with van der Waals surface area (Å²) in [5, 5.41) is 7.33. The number of nitrogens with zero attached hydrogens (tertiary/aromatic N) is 3. The van der Waals surface area contributed by atoms with Crippen LogP contribution in [0.15, 0.2) is 47.8 Å². The zero-order chi connectivity index (χ0) is 20.4. The molecule has 5 nitrogen and oxygen atoms in total. The summed E-state index contributed by atoms with van der Waals surface area (Å²) in [6, 6.07) is 13.0. The lowest BCUT2D eigenvalue weighted by Crippen LogP contribution is -2.48. The number of benzene rings is 2. The maximum absolute atomic E-state index is 12.8. The van der Waals surface area contributed by atoms with Crippen LogP contribution in [0.2, 0.25) is 15.1 Å². The third kappa shape index (κ3) is 4.78. The average molecular weight is 468 g/mol. The molecule has 0 atom stereocenters. The summed E-state index contributed by atoms with van der Waals surface area (Å²) in [7, 11) is 0. The Bertz CT molecular complexity index is 1030. The molecule has 1 saturated heterocycles. The summed E-state index contributed by atoms with van der Waals surface area (Å²) in [5.74, 6) is -0.0609. The molecule has 4 rings (SSSR count). The number of halogens is 3. The average Bonchev–Trinajstić information content (AvgIpc) is 3.18. The Balaban J connectivity index is 1.37. The summed E-state index contributed by atoms with van der Waals surface area (Å²) < 4.78 is 0. The first-order valence-corrected chi connectivity index (χ1v) is 11.0. The number of anilines is 3. The monoisotopic (exact) mass is 466 g/mol. The number of piperazine rings is 1. The van der Waals surface area contributed by atoms with E-state index < -0.39 is 0 Å². The zero-order valence-electron chi connectivity index (χ0n) is 15.2. The van der Waals surface area contributed by atoms with Crippen molar-refractivity contribution in [1.29, 1.82) is 0 Å². The van der Waals surface area contributed by atoms with Crippen molar-refractivity contribution in [3.63, 3.8) is 0 Å². The van der Waals surface area contributed by atoms with Gasteiger partial charge in [-0.3, -0.25) is 4.79 Å². The molecular weight excluding hydrogens is 451 g/mol. The van der Waals surface area contributed by atoms with E-state index in [2.05, 4.69) is 15.2 Å². The van der Waals surface area contributed by atoms with Crippen LogP contribution in [0.5, 0.6) is 0 Å². The lowest BCUT2D eigenvalue weighted by molar-refractivity contribution is 0.0742. The Morgan fingerprint density at radius 3 is 2.52 bits per heavy atom. The second-order valence-corrected chi connectivity index (χ2v) is 8.66. The van der Waals surface area contributed by atoms with Crippen molar-refractivity contribution in [1.82, 2.24) is 9.88 Å². The SMILES string of the molecule is O=C(c1csc(Nc2cccc(Cl)c2)n1)N1CCN(c2ccc(Cl)c(Cl)c2)CC1. The molecule has 1 fully saturated rings. The lowest BCUT2D eigenvalue weighted by atomic mass is 10.2. The van der Waals surface area contributed by atoms with Gasteiger partial charge in [0.25, 0.3) is 5.91 Å². The first-order valence-electron chi connectivity index (χ1n) is 8.97. The minimum atomic E-state index is -0.0609. The molecule has 0 saturated carbocycles. The lowest BCUT2D eigenvalue weighted by Gasteiger charge is -2.36. The molecule has 1 aliphatic rings. The molecule has 0 bridgehead atoms. The fraction of sp³-hybridized carbons (Fsp3) is 0.200. The van der Waals surface area contributed by atoms with Gasteiger partial charge in [-0.2, -0.15) is 0 Å². The van der Waals surface area contributed by atoms with Crippen molar-refractivity contribution in [3.8, 4) is 0 Å². The first kappa shape index (κ1) is 20.3. The quantitative estimate of drug-likeness (QED) is 0.526. The summed E-state index contributed by atoms with van der Waals surface area (Å²) >= 11 is 19.5. The van der Waals surface area contributed by atoms with Gasteiger partial charge in [-0.1, -0.05) is 40.9 Å². The van der Waals surface area contributed by atoms with Crippen LogP contribution in [0, 0.1) is 0 Å². The van der Waals surface area contributed by atoms with E-state index in [0.29, 0.717) is 39.0 Å². The first-order chi connectivity index (χ1) is 14.0. The third-order valence-electron chi connectivity index (χ3n) is 4.63. The van der Waals surface area contributed by atoms with E-state index >= 15 is 0 Å². The highest BCUT2D eigenvalue weighted by Gasteiger charge is 2.24. The second-order valence-electron chi connectivity index (χ2n) is 6.55. The van der Waals surface area contributed by atoms with Crippen LogP contribution in [-0.2, 0) is 0 Å². The van der Waals surface area contributed by atoms with Crippen LogP contribution < -0.4 is 10.2 Å². The van der Waals surface area contributed by atoms with Gasteiger partial charge in [-0.05, 0) is 36.4 Å². The van der Waals surface area contributed by atoms with E-state index in [0.717, 1.165) is 24.5 Å². The van der Waals surface area contributed by atoms with Gasteiger partial charge in [0.2, 0.25) is 0 Å². The van der Waals surface area contributed by atoms with Crippen molar-refractivity contribution in [3.05, 3.63) is 68.6 Å². The van der Waals surface area contributed by atoms with Crippen LogP contribution in [-0.4, -0.2) is 42.0 Å². The number of hydrogen-bond donors (Lipinski definition) is 1. The summed E-state index contributed by atoms with van der Waals surface area (Å²) in [4.78, 5) is 21.3. The van der Waals surface area contributed by atoms with Crippen molar-refractivity contribution >= 4 is 68.6 Å². The van der Waals surface area contributed by atoms with Gasteiger partial charge < -0.3 is 15.1 Å². The highest BCUT2D eigenvalue weighted by molar-refractivity contribution is 7.14. The third-order valence-corrected chi connectivity index (χ3v) is 6.37. The van der Waals surface area contributed by atoms with Gasteiger partial charge in [0.15, 0.2) is 5.13 Å². The van der Waals surface area contributed by atoms with Crippen LogP contribution in [0.1, 0.15) is 10.5 Å². The molecule has 0 spiro atoms. The maximum atomic E-state index is 12.8. The van der Waals surface area contributed by atoms with Crippen molar-refractivity contribution in [2.24, 2.45) is 0 Å². The van der Waals surface area contributed by atoms with E-state index in [9.17, 15) is 4.79 Å². The highest BCUT2D eigenvalue weighted by Crippen LogP contribution is 2.28. The predicted octanol–water partition coefficient (Wildman–Crippen LogP) is 5.81. The fourth-order valence-corrected chi connectivity index (χ4v) is 4.32. The van der Waals surface area contributed by atoms with Crippen LogP contribution in [0.25, 0.3) is 0 Å². The number of carbonyl (C=O) groups excluding carboxylic acids is 1. The minimum Gasteiger partial charge on any atom is -0.368 e. The van der Waals surface area contributed by atoms with Crippen molar-refractivity contribution in [2.75, 3.05) is 36.4 Å². The number of nitrogens with one attached hydrogen (secondary N) is 1. The Kier molecular flexibility index (Phi) is 6.15. The minimum absolute atomic E-state index is 0.0609. The Morgan fingerprint density at radius 2 is 1.79 bits per heavy atom. The number of thiazole rings is 1. The molecule has 1 aliphatic heterocycles. The molecule has 150 valence electrons. The normalized spacial score (nSPS) is 14.2. The molecule has 2 aromatic carbocycles. The largest absolute Gasteiger partial charge is 0.368 e. The molecule has 1 amide bonds. The topological polar surface area (TPSA) is 48.5 Å². The van der Waals surface area contributed by atoms with Crippen molar-refractivity contribution in [2.45, 2.75) is 0 Å². The van der Waals surface area contributed by atoms with Crippen LogP contribution in [0.3, 0.4) is 0 Å². The zero-order valence-corrected chi connectivity index (χ0v) is 18.3. The number of rotatable bonds is 4. The van der Waals surface area contributed by atoms with E-state index in [1.165, 1.54) is 11.3 Å². The molecule has 3 aromatic rings. The van der Waals surface area contributed by atoms with Gasteiger partial charge in [0.1, 0.15) is 5.69 Å². The second kappa shape index (κ2) is 8.79. The Morgan fingerprint density at radius 1 is 1.00 bits per heavy atom. The highest BCUT2D eigenvalue weighted by atomic mass is 35.5. The molecule has 0 radical (unpaired) electrons. The number of hydrogen-bond acceptors (Lipinski definition) is 5. The van der Waals surface area contributed by atoms with E-state index in [4.69, 9.17) is 34.8 Å². The molecule has 0 unspecified atom stereocenters. The Hall–Kier alpha value is -1.99. The number of carbonyl (C=O) groups is 1. The molecule has 1 aromatic heterocycles. The van der Waals surface area contributed by atoms with Gasteiger partial charge in [-0.15, -0.1) is 11.3 Å². The Labute approximate surface area is 187 Å². The maximum Gasteiger partial charge on any atom is 0.273 e. The molecule has 0 aliphatic carbocycles. The van der Waals surface area contributed by atoms with E-state index in [1.54, 1.807) is 17.5 Å². The van der Waals surface area contributed by atoms with Crippen LogP contribution >= 0.6 is 46.1 Å². The summed E-state index contributed by atoms with van der Waals surface area (Å²) in [5.41, 5.74) is 2.29. The van der Waals surface area contributed by atoms with E-state index in [-0.39, 0.29) is 5.91 Å². The predicted molar refractivity (Wildman–Crippen MR) is 121 cm³/mol. The van der Waals surface area contributed by atoms with Gasteiger partial charge in [0, 0.05) is 48.0 Å².